The molecule has 0 atom stereocenters. The number of fused-ring (bicyclic) bond motifs is 13. The van der Waals surface area contributed by atoms with Gasteiger partial charge >= 0.3 is 0 Å². The first-order chi connectivity index (χ1) is 24.8. The van der Waals surface area contributed by atoms with E-state index in [2.05, 4.69) is 150 Å². The maximum atomic E-state index is 6.58. The van der Waals surface area contributed by atoms with Crippen LogP contribution in [0.15, 0.2) is 168 Å². The minimum Gasteiger partial charge on any atom is -0.455 e. The van der Waals surface area contributed by atoms with Crippen molar-refractivity contribution in [2.45, 2.75) is 0 Å². The lowest BCUT2D eigenvalue weighted by atomic mass is 9.95. The van der Waals surface area contributed by atoms with E-state index in [1.54, 1.807) is 0 Å². The average molecular weight is 638 g/mol. The fraction of sp³-hybridized carbons (Fsp3) is 0. The van der Waals surface area contributed by atoms with Crippen molar-refractivity contribution in [3.63, 3.8) is 0 Å². The summed E-state index contributed by atoms with van der Waals surface area (Å²) < 4.78 is 8.99. The Balaban J connectivity index is 1.27. The van der Waals surface area contributed by atoms with Gasteiger partial charge in [-0.1, -0.05) is 133 Å². The molecule has 0 aliphatic carbocycles. The van der Waals surface area contributed by atoms with Crippen LogP contribution in [-0.4, -0.2) is 14.5 Å². The van der Waals surface area contributed by atoms with E-state index in [1.165, 1.54) is 32.4 Å². The first-order valence-corrected chi connectivity index (χ1v) is 16.9. The summed E-state index contributed by atoms with van der Waals surface area (Å²) >= 11 is 0. The molecule has 11 aromatic rings. The number of aromatic nitrogens is 3. The van der Waals surface area contributed by atoms with Crippen LogP contribution in [0.4, 0.5) is 0 Å². The van der Waals surface area contributed by atoms with Gasteiger partial charge < -0.3 is 8.98 Å². The van der Waals surface area contributed by atoms with Gasteiger partial charge in [0.2, 0.25) is 0 Å². The Kier molecular flexibility index (Phi) is 5.63. The van der Waals surface area contributed by atoms with Crippen molar-refractivity contribution >= 4 is 76.3 Å². The largest absolute Gasteiger partial charge is 0.455 e. The van der Waals surface area contributed by atoms with Crippen molar-refractivity contribution in [3.05, 3.63) is 164 Å². The summed E-state index contributed by atoms with van der Waals surface area (Å²) in [6.07, 6.45) is 0. The molecule has 3 heterocycles. The molecular formula is C46H27N3O. The Morgan fingerprint density at radius 1 is 0.420 bits per heavy atom. The highest BCUT2D eigenvalue weighted by Crippen LogP contribution is 2.46. The molecule has 50 heavy (non-hydrogen) atoms. The number of hydrogen-bond acceptors (Lipinski definition) is 3. The van der Waals surface area contributed by atoms with Crippen LogP contribution in [0.25, 0.3) is 105 Å². The molecule has 0 spiro atoms. The van der Waals surface area contributed by atoms with Crippen molar-refractivity contribution in [1.29, 1.82) is 0 Å². The number of hydrogen-bond donors (Lipinski definition) is 0. The lowest BCUT2D eigenvalue weighted by molar-refractivity contribution is 0.673. The fourth-order valence-corrected chi connectivity index (χ4v) is 7.98. The smallest absolute Gasteiger partial charge is 0.143 e. The summed E-state index contributed by atoms with van der Waals surface area (Å²) in [5.41, 5.74) is 10.7. The molecule has 0 bridgehead atoms. The van der Waals surface area contributed by atoms with E-state index in [9.17, 15) is 0 Å². The summed E-state index contributed by atoms with van der Waals surface area (Å²) in [6, 6.07) is 57.5. The zero-order valence-corrected chi connectivity index (χ0v) is 26.8. The summed E-state index contributed by atoms with van der Waals surface area (Å²) in [7, 11) is 0. The highest BCUT2D eigenvalue weighted by Gasteiger charge is 2.22. The second kappa shape index (κ2) is 10.4. The SMILES string of the molecule is c1ccc(-c2nc3ccc(-n4c5ccccc5c5ccc6c7c8ccccc8oc7c7ccccc7c6c54)cc3nc2-c2ccccc2)cc1. The highest BCUT2D eigenvalue weighted by atomic mass is 16.3. The van der Waals surface area contributed by atoms with E-state index < -0.39 is 0 Å². The molecule has 8 aromatic carbocycles. The Morgan fingerprint density at radius 2 is 1.02 bits per heavy atom. The van der Waals surface area contributed by atoms with Gasteiger partial charge in [0.05, 0.1) is 33.5 Å². The van der Waals surface area contributed by atoms with Crippen LogP contribution in [0, 0.1) is 0 Å². The van der Waals surface area contributed by atoms with Crippen LogP contribution >= 0.6 is 0 Å². The normalized spacial score (nSPS) is 12.0. The van der Waals surface area contributed by atoms with E-state index in [0.29, 0.717) is 0 Å². The number of benzene rings is 8. The van der Waals surface area contributed by atoms with E-state index in [0.717, 1.165) is 72.1 Å². The van der Waals surface area contributed by atoms with Crippen LogP contribution in [0.3, 0.4) is 0 Å². The second-order valence-electron chi connectivity index (χ2n) is 12.9. The number of furan rings is 1. The summed E-state index contributed by atoms with van der Waals surface area (Å²) in [5, 5.41) is 9.37. The molecular weight excluding hydrogens is 611 g/mol. The van der Waals surface area contributed by atoms with Crippen molar-refractivity contribution in [1.82, 2.24) is 14.5 Å². The molecule has 3 aromatic heterocycles. The molecule has 0 saturated heterocycles. The fourth-order valence-electron chi connectivity index (χ4n) is 7.98. The Morgan fingerprint density at radius 3 is 1.78 bits per heavy atom. The molecule has 232 valence electrons. The van der Waals surface area contributed by atoms with Crippen LogP contribution in [0.1, 0.15) is 0 Å². The summed E-state index contributed by atoms with van der Waals surface area (Å²) in [5.74, 6) is 0. The lowest BCUT2D eigenvalue weighted by Gasteiger charge is -2.14. The molecule has 0 aliphatic rings. The molecule has 4 heteroatoms. The molecule has 0 aliphatic heterocycles. The third kappa shape index (κ3) is 3.81. The van der Waals surface area contributed by atoms with Crippen molar-refractivity contribution < 1.29 is 4.42 Å². The van der Waals surface area contributed by atoms with Gasteiger partial charge in [0.25, 0.3) is 0 Å². The number of nitrogens with zero attached hydrogens (tertiary/aromatic N) is 3. The van der Waals surface area contributed by atoms with E-state index in [1.807, 2.05) is 18.2 Å². The van der Waals surface area contributed by atoms with E-state index in [4.69, 9.17) is 14.4 Å². The van der Waals surface area contributed by atoms with E-state index in [-0.39, 0.29) is 0 Å². The van der Waals surface area contributed by atoms with Crippen molar-refractivity contribution in [2.24, 2.45) is 0 Å². The van der Waals surface area contributed by atoms with Crippen LogP contribution < -0.4 is 0 Å². The van der Waals surface area contributed by atoms with Gasteiger partial charge in [0.1, 0.15) is 11.2 Å². The van der Waals surface area contributed by atoms with Gasteiger partial charge in [-0.25, -0.2) is 9.97 Å². The Hall–Kier alpha value is -6.78. The van der Waals surface area contributed by atoms with Gasteiger partial charge in [0.15, 0.2) is 0 Å². The zero-order chi connectivity index (χ0) is 32.8. The first kappa shape index (κ1) is 27.2. The van der Waals surface area contributed by atoms with Gasteiger partial charge in [-0.3, -0.25) is 0 Å². The topological polar surface area (TPSA) is 43.9 Å². The molecule has 0 amide bonds. The molecule has 0 fully saturated rings. The van der Waals surface area contributed by atoms with Gasteiger partial charge in [0, 0.05) is 49.1 Å². The standard InChI is InChI=1S/C46H27N3O/c1-3-13-28(14-4-1)43-44(29-15-5-2-6-16-29)48-38-27-30(23-26-37(38)47-43)49-39-21-11-9-17-31(39)33-24-25-36-41(45(33)49)32-18-7-8-19-34(32)46-42(36)35-20-10-12-22-40(35)50-46/h1-27H. The van der Waals surface area contributed by atoms with Crippen LogP contribution in [0.2, 0.25) is 0 Å². The maximum absolute atomic E-state index is 6.58. The van der Waals surface area contributed by atoms with Gasteiger partial charge in [-0.2, -0.15) is 0 Å². The third-order valence-corrected chi connectivity index (χ3v) is 10.1. The Bertz CT molecular complexity index is 3140. The highest BCUT2D eigenvalue weighted by molar-refractivity contribution is 6.36. The minimum atomic E-state index is 0.847. The predicted octanol–water partition coefficient (Wildman–Crippen LogP) is 12.3. The quantitative estimate of drug-likeness (QED) is 0.181. The van der Waals surface area contributed by atoms with E-state index >= 15 is 0 Å². The molecule has 0 N–H and O–H groups in total. The maximum Gasteiger partial charge on any atom is 0.143 e. The monoisotopic (exact) mass is 637 g/mol. The number of para-hydroxylation sites is 2. The lowest BCUT2D eigenvalue weighted by Crippen LogP contribution is -1.99. The van der Waals surface area contributed by atoms with Gasteiger partial charge in [-0.15, -0.1) is 0 Å². The molecule has 0 unspecified atom stereocenters. The summed E-state index contributed by atoms with van der Waals surface area (Å²) in [6.45, 7) is 0. The predicted molar refractivity (Wildman–Crippen MR) is 207 cm³/mol. The number of rotatable bonds is 3. The van der Waals surface area contributed by atoms with Crippen LogP contribution in [0.5, 0.6) is 0 Å². The molecule has 0 radical (unpaired) electrons. The molecule has 0 saturated carbocycles. The zero-order valence-electron chi connectivity index (χ0n) is 26.8. The molecule has 4 nitrogen and oxygen atoms in total. The molecule has 11 rings (SSSR count). The van der Waals surface area contributed by atoms with Crippen molar-refractivity contribution in [3.8, 4) is 28.2 Å². The van der Waals surface area contributed by atoms with Crippen LogP contribution in [-0.2, 0) is 0 Å². The average Bonchev–Trinajstić information content (AvgIpc) is 3.75. The van der Waals surface area contributed by atoms with Crippen molar-refractivity contribution in [2.75, 3.05) is 0 Å². The minimum absolute atomic E-state index is 0.847. The Labute approximate surface area is 286 Å². The second-order valence-corrected chi connectivity index (χ2v) is 12.9. The summed E-state index contributed by atoms with van der Waals surface area (Å²) in [4.78, 5) is 10.6. The third-order valence-electron chi connectivity index (χ3n) is 10.1. The van der Waals surface area contributed by atoms with Gasteiger partial charge in [-0.05, 0) is 41.1 Å². The first-order valence-electron chi connectivity index (χ1n) is 16.9.